The van der Waals surface area contributed by atoms with Gasteiger partial charge in [0.1, 0.15) is 5.71 Å². The first-order valence-corrected chi connectivity index (χ1v) is 4.63. The number of nitrogens with one attached hydrogen (secondary N) is 1. The van der Waals surface area contributed by atoms with Crippen LogP contribution in [0.3, 0.4) is 0 Å². The third-order valence-electron chi connectivity index (χ3n) is 2.22. The van der Waals surface area contributed by atoms with Crippen molar-refractivity contribution in [2.45, 2.75) is 0 Å². The highest BCUT2D eigenvalue weighted by molar-refractivity contribution is 6.76. The summed E-state index contributed by atoms with van der Waals surface area (Å²) in [4.78, 5) is 22.4. The Balaban J connectivity index is 2.71. The monoisotopic (exact) mass is 219 g/mol. The molecule has 0 unspecified atom stereocenters. The smallest absolute Gasteiger partial charge is 0.253 e. The molecule has 0 radical (unpaired) electrons. The van der Waals surface area contributed by atoms with Crippen molar-refractivity contribution in [1.82, 2.24) is 0 Å². The van der Waals surface area contributed by atoms with E-state index in [4.69, 9.17) is 17.0 Å². The first-order valence-electron chi connectivity index (χ1n) is 4.25. The molecule has 0 amide bonds. The molecule has 15 heavy (non-hydrogen) atoms. The van der Waals surface area contributed by atoms with E-state index in [2.05, 4.69) is 0 Å². The van der Waals surface area contributed by atoms with Crippen LogP contribution in [0.1, 0.15) is 11.1 Å². The zero-order chi connectivity index (χ0) is 11.0. The molecule has 0 bridgehead atoms. The van der Waals surface area contributed by atoms with E-state index >= 15 is 0 Å². The molecule has 0 aromatic heterocycles. The van der Waals surface area contributed by atoms with Gasteiger partial charge in [-0.05, 0) is 17.2 Å². The van der Waals surface area contributed by atoms with Gasteiger partial charge in [0.25, 0.3) is 5.24 Å². The molecule has 1 aromatic carbocycles. The second-order valence-corrected chi connectivity index (χ2v) is 3.46. The van der Waals surface area contributed by atoms with Crippen molar-refractivity contribution in [1.29, 1.82) is 5.41 Å². The van der Waals surface area contributed by atoms with Crippen LogP contribution >= 0.6 is 11.6 Å². The lowest BCUT2D eigenvalue weighted by molar-refractivity contribution is -0.110. The number of fused-ring (bicyclic) bond motifs is 1. The maximum atomic E-state index is 11.4. The molecule has 74 valence electrons. The van der Waals surface area contributed by atoms with Gasteiger partial charge in [0.2, 0.25) is 5.78 Å². The minimum atomic E-state index is -0.677. The number of ketones is 1. The molecule has 0 fully saturated rings. The fraction of sp³-hybridized carbons (Fsp3) is 0. The van der Waals surface area contributed by atoms with Crippen molar-refractivity contribution in [2.24, 2.45) is 0 Å². The largest absolute Gasteiger partial charge is 0.296 e. The maximum Gasteiger partial charge on any atom is 0.253 e. The van der Waals surface area contributed by atoms with Crippen molar-refractivity contribution in [3.8, 4) is 0 Å². The topological polar surface area (TPSA) is 58.0 Å². The molecule has 1 aliphatic rings. The molecular formula is C11H6ClNO2. The summed E-state index contributed by atoms with van der Waals surface area (Å²) < 4.78 is 0. The average Bonchev–Trinajstić information content (AvgIpc) is 2.23. The van der Waals surface area contributed by atoms with Crippen LogP contribution in [-0.2, 0) is 9.59 Å². The Bertz CT molecular complexity index is 517. The number of halogens is 1. The zero-order valence-corrected chi connectivity index (χ0v) is 8.34. The molecule has 0 heterocycles. The third-order valence-corrected chi connectivity index (χ3v) is 2.42. The summed E-state index contributed by atoms with van der Waals surface area (Å²) in [6.45, 7) is 0. The lowest BCUT2D eigenvalue weighted by Gasteiger charge is -2.14. The molecule has 0 spiro atoms. The van der Waals surface area contributed by atoms with Crippen molar-refractivity contribution in [3.05, 3.63) is 41.5 Å². The summed E-state index contributed by atoms with van der Waals surface area (Å²) in [7, 11) is 0. The fourth-order valence-corrected chi connectivity index (χ4v) is 1.67. The number of benzene rings is 1. The van der Waals surface area contributed by atoms with E-state index in [9.17, 15) is 9.59 Å². The van der Waals surface area contributed by atoms with Crippen molar-refractivity contribution >= 4 is 33.9 Å². The Kier molecular flexibility index (Phi) is 2.25. The number of hydrogen-bond acceptors (Lipinski definition) is 3. The fourth-order valence-electron chi connectivity index (χ4n) is 1.51. The highest BCUT2D eigenvalue weighted by Crippen LogP contribution is 2.26. The van der Waals surface area contributed by atoms with Gasteiger partial charge in [-0.1, -0.05) is 24.3 Å². The number of carbonyl (C=O) groups excluding carboxylic acids is 2. The summed E-state index contributed by atoms with van der Waals surface area (Å²) in [6.07, 6.45) is 1.11. The molecule has 1 aromatic rings. The number of allylic oxidation sites excluding steroid dienone is 2. The van der Waals surface area contributed by atoms with Gasteiger partial charge in [-0.25, -0.2) is 0 Å². The minimum absolute atomic E-state index is 0.104. The first kappa shape index (κ1) is 9.80. The molecule has 0 saturated carbocycles. The standard InChI is InChI=1S/C11H6ClNO2/c12-11(15)8-5-9(14)10(13)7-4-2-1-3-6(7)8/h1-5,13H. The summed E-state index contributed by atoms with van der Waals surface area (Å²) >= 11 is 5.37. The molecule has 1 aliphatic carbocycles. The molecule has 0 aliphatic heterocycles. The van der Waals surface area contributed by atoms with E-state index in [1.54, 1.807) is 24.3 Å². The quantitative estimate of drug-likeness (QED) is 0.732. The lowest BCUT2D eigenvalue weighted by Crippen LogP contribution is -2.20. The van der Waals surface area contributed by atoms with Gasteiger partial charge in [0, 0.05) is 17.2 Å². The van der Waals surface area contributed by atoms with Crippen LogP contribution in [0.15, 0.2) is 30.3 Å². The Labute approximate surface area is 90.9 Å². The Morgan fingerprint density at radius 1 is 1.20 bits per heavy atom. The summed E-state index contributed by atoms with van der Waals surface area (Å²) in [5.41, 5.74) is 1.05. The zero-order valence-electron chi connectivity index (χ0n) is 7.58. The molecule has 4 heteroatoms. The molecule has 3 nitrogen and oxygen atoms in total. The molecule has 1 N–H and O–H groups in total. The van der Waals surface area contributed by atoms with Gasteiger partial charge in [0.05, 0.1) is 0 Å². The average molecular weight is 220 g/mol. The second-order valence-electron chi connectivity index (χ2n) is 3.12. The minimum Gasteiger partial charge on any atom is -0.296 e. The summed E-state index contributed by atoms with van der Waals surface area (Å²) in [6, 6.07) is 6.74. The van der Waals surface area contributed by atoms with Crippen molar-refractivity contribution in [2.75, 3.05) is 0 Å². The van der Waals surface area contributed by atoms with E-state index in [0.717, 1.165) is 6.08 Å². The van der Waals surface area contributed by atoms with Crippen LogP contribution in [0.5, 0.6) is 0 Å². The number of carbonyl (C=O) groups is 2. The van der Waals surface area contributed by atoms with Gasteiger partial charge in [-0.15, -0.1) is 0 Å². The molecular weight excluding hydrogens is 214 g/mol. The van der Waals surface area contributed by atoms with E-state index in [0.29, 0.717) is 11.1 Å². The molecule has 2 rings (SSSR count). The second kappa shape index (κ2) is 3.44. The Hall–Kier alpha value is -1.74. The SMILES string of the molecule is N=C1C(=O)C=C(C(=O)Cl)c2ccccc21. The van der Waals surface area contributed by atoms with Crippen LogP contribution < -0.4 is 0 Å². The van der Waals surface area contributed by atoms with E-state index < -0.39 is 11.0 Å². The van der Waals surface area contributed by atoms with Gasteiger partial charge in [-0.2, -0.15) is 0 Å². The van der Waals surface area contributed by atoms with Crippen molar-refractivity contribution in [3.63, 3.8) is 0 Å². The van der Waals surface area contributed by atoms with Crippen molar-refractivity contribution < 1.29 is 9.59 Å². The predicted molar refractivity (Wildman–Crippen MR) is 57.1 cm³/mol. The Morgan fingerprint density at radius 2 is 1.80 bits per heavy atom. The summed E-state index contributed by atoms with van der Waals surface area (Å²) in [5, 5.41) is 6.88. The first-order chi connectivity index (χ1) is 7.11. The Morgan fingerprint density at radius 3 is 2.40 bits per heavy atom. The highest BCUT2D eigenvalue weighted by Gasteiger charge is 2.24. The van der Waals surface area contributed by atoms with Gasteiger partial charge >= 0.3 is 0 Å². The number of rotatable bonds is 1. The van der Waals surface area contributed by atoms with Crippen LogP contribution in [0.4, 0.5) is 0 Å². The van der Waals surface area contributed by atoms with Crippen LogP contribution in [-0.4, -0.2) is 16.7 Å². The molecule has 0 atom stereocenters. The third kappa shape index (κ3) is 1.51. The van der Waals surface area contributed by atoms with E-state index in [1.807, 2.05) is 0 Å². The predicted octanol–water partition coefficient (Wildman–Crippen LogP) is 1.79. The van der Waals surface area contributed by atoms with Gasteiger partial charge < -0.3 is 0 Å². The van der Waals surface area contributed by atoms with Crippen LogP contribution in [0, 0.1) is 5.41 Å². The van der Waals surface area contributed by atoms with Gasteiger partial charge in [0.15, 0.2) is 0 Å². The van der Waals surface area contributed by atoms with Crippen LogP contribution in [0.2, 0.25) is 0 Å². The normalized spacial score (nSPS) is 14.6. The number of hydrogen-bond donors (Lipinski definition) is 1. The van der Waals surface area contributed by atoms with E-state index in [1.165, 1.54) is 0 Å². The highest BCUT2D eigenvalue weighted by atomic mass is 35.5. The summed E-state index contributed by atoms with van der Waals surface area (Å²) in [5.74, 6) is -0.488. The molecule has 0 saturated heterocycles. The maximum absolute atomic E-state index is 11.4. The van der Waals surface area contributed by atoms with Gasteiger partial charge in [-0.3, -0.25) is 15.0 Å². The van der Waals surface area contributed by atoms with Crippen LogP contribution in [0.25, 0.3) is 5.57 Å². The van der Waals surface area contributed by atoms with E-state index in [-0.39, 0.29) is 11.3 Å². The lowest BCUT2D eigenvalue weighted by atomic mass is 9.89.